The van der Waals surface area contributed by atoms with Gasteiger partial charge in [0.15, 0.2) is 5.82 Å². The molecule has 2 aromatic heterocycles. The standard InChI is InChI=1S/C21H28N6O2/c28-20(29)17-10-5-11-27(17)21-22-15-9-4-8-14(15)19(24-21)23-18-12-16(25-26-18)13-6-2-1-3-7-13/h12-13,17H,1-11H2,(H,28,29)(H2,22,23,24,25,26)/t17-/m1/s1. The number of rotatable bonds is 5. The molecule has 3 heterocycles. The average molecular weight is 396 g/mol. The van der Waals surface area contributed by atoms with E-state index in [-0.39, 0.29) is 0 Å². The Hall–Kier alpha value is -2.64. The predicted octanol–water partition coefficient (Wildman–Crippen LogP) is 3.53. The molecule has 1 aliphatic heterocycles. The van der Waals surface area contributed by atoms with Gasteiger partial charge < -0.3 is 15.3 Å². The molecular weight excluding hydrogens is 368 g/mol. The van der Waals surface area contributed by atoms with Gasteiger partial charge >= 0.3 is 5.97 Å². The average Bonchev–Trinajstić information content (AvgIpc) is 3.48. The van der Waals surface area contributed by atoms with Gasteiger partial charge in [-0.05, 0) is 44.9 Å². The van der Waals surface area contributed by atoms with Crippen LogP contribution in [0.2, 0.25) is 0 Å². The normalized spacial score (nSPS) is 22.1. The highest BCUT2D eigenvalue weighted by Gasteiger charge is 2.33. The summed E-state index contributed by atoms with van der Waals surface area (Å²) in [6.07, 6.45) is 10.8. The molecule has 0 spiro atoms. The summed E-state index contributed by atoms with van der Waals surface area (Å²) in [6.45, 7) is 0.684. The molecule has 8 heteroatoms. The molecule has 0 radical (unpaired) electrons. The molecule has 1 saturated carbocycles. The van der Waals surface area contributed by atoms with Crippen LogP contribution in [-0.4, -0.2) is 43.8 Å². The van der Waals surface area contributed by atoms with E-state index in [0.29, 0.717) is 24.8 Å². The molecule has 29 heavy (non-hydrogen) atoms. The van der Waals surface area contributed by atoms with Gasteiger partial charge in [-0.3, -0.25) is 5.10 Å². The van der Waals surface area contributed by atoms with Gasteiger partial charge in [-0.1, -0.05) is 19.3 Å². The van der Waals surface area contributed by atoms with Crippen LogP contribution in [-0.2, 0) is 17.6 Å². The third kappa shape index (κ3) is 3.56. The zero-order chi connectivity index (χ0) is 19.8. The molecular formula is C21H28N6O2. The summed E-state index contributed by atoms with van der Waals surface area (Å²) in [5.74, 6) is 1.85. The minimum absolute atomic E-state index is 0.529. The van der Waals surface area contributed by atoms with E-state index in [0.717, 1.165) is 48.6 Å². The van der Waals surface area contributed by atoms with E-state index in [4.69, 9.17) is 9.97 Å². The van der Waals surface area contributed by atoms with Gasteiger partial charge in [0.05, 0.1) is 5.69 Å². The van der Waals surface area contributed by atoms with Crippen molar-refractivity contribution in [1.29, 1.82) is 0 Å². The first kappa shape index (κ1) is 18.4. The highest BCUT2D eigenvalue weighted by Crippen LogP contribution is 2.35. The molecule has 154 valence electrons. The molecule has 2 fully saturated rings. The van der Waals surface area contributed by atoms with E-state index < -0.39 is 12.0 Å². The van der Waals surface area contributed by atoms with Crippen LogP contribution in [0.5, 0.6) is 0 Å². The van der Waals surface area contributed by atoms with Crippen molar-refractivity contribution in [3.8, 4) is 0 Å². The maximum absolute atomic E-state index is 11.6. The Balaban J connectivity index is 1.42. The number of hydrogen-bond donors (Lipinski definition) is 3. The van der Waals surface area contributed by atoms with E-state index in [2.05, 4.69) is 21.6 Å². The molecule has 0 aromatic carbocycles. The number of nitrogens with zero attached hydrogens (tertiary/aromatic N) is 4. The lowest BCUT2D eigenvalue weighted by molar-refractivity contribution is -0.138. The quantitative estimate of drug-likeness (QED) is 0.709. The van der Waals surface area contributed by atoms with Crippen LogP contribution in [0.3, 0.4) is 0 Å². The Morgan fingerprint density at radius 2 is 1.97 bits per heavy atom. The lowest BCUT2D eigenvalue weighted by Crippen LogP contribution is -2.37. The van der Waals surface area contributed by atoms with E-state index in [9.17, 15) is 9.90 Å². The summed E-state index contributed by atoms with van der Waals surface area (Å²) in [5.41, 5.74) is 3.38. The number of fused-ring (bicyclic) bond motifs is 1. The van der Waals surface area contributed by atoms with Crippen molar-refractivity contribution in [2.45, 2.75) is 76.2 Å². The number of aryl methyl sites for hydroxylation is 1. The molecule has 2 aliphatic carbocycles. The Labute approximate surface area is 170 Å². The van der Waals surface area contributed by atoms with Crippen molar-refractivity contribution in [3.63, 3.8) is 0 Å². The van der Waals surface area contributed by atoms with Crippen molar-refractivity contribution in [1.82, 2.24) is 20.2 Å². The fourth-order valence-electron chi connectivity index (χ4n) is 5.06. The minimum Gasteiger partial charge on any atom is -0.480 e. The van der Waals surface area contributed by atoms with Crippen LogP contribution < -0.4 is 10.2 Å². The zero-order valence-corrected chi connectivity index (χ0v) is 16.7. The Kier molecular flexibility index (Phi) is 4.85. The second kappa shape index (κ2) is 7.65. The highest BCUT2D eigenvalue weighted by molar-refractivity contribution is 5.78. The minimum atomic E-state index is -0.800. The SMILES string of the molecule is O=C(O)[C@H]1CCCN1c1nc2c(c(Nc3cc(C4CCCCC4)[nH]n3)n1)CCC2. The number of aromatic nitrogens is 4. The summed E-state index contributed by atoms with van der Waals surface area (Å²) in [5, 5.41) is 20.6. The zero-order valence-electron chi connectivity index (χ0n) is 16.7. The maximum Gasteiger partial charge on any atom is 0.326 e. The van der Waals surface area contributed by atoms with Crippen LogP contribution in [0, 0.1) is 0 Å². The van der Waals surface area contributed by atoms with Crippen molar-refractivity contribution in [3.05, 3.63) is 23.0 Å². The van der Waals surface area contributed by atoms with E-state index in [1.54, 1.807) is 0 Å². The van der Waals surface area contributed by atoms with Crippen LogP contribution in [0.25, 0.3) is 0 Å². The molecule has 1 atom stereocenters. The number of carbonyl (C=O) groups is 1. The molecule has 8 nitrogen and oxygen atoms in total. The molecule has 3 N–H and O–H groups in total. The molecule has 2 aromatic rings. The second-order valence-electron chi connectivity index (χ2n) is 8.51. The first-order valence-electron chi connectivity index (χ1n) is 10.9. The first-order valence-corrected chi connectivity index (χ1v) is 10.9. The molecule has 5 rings (SSSR count). The maximum atomic E-state index is 11.6. The predicted molar refractivity (Wildman–Crippen MR) is 110 cm³/mol. The summed E-state index contributed by atoms with van der Waals surface area (Å²) >= 11 is 0. The molecule has 1 saturated heterocycles. The molecule has 3 aliphatic rings. The van der Waals surface area contributed by atoms with Crippen LogP contribution >= 0.6 is 0 Å². The molecule has 0 bridgehead atoms. The topological polar surface area (TPSA) is 107 Å². The number of aliphatic carboxylic acids is 1. The monoisotopic (exact) mass is 396 g/mol. The molecule has 0 unspecified atom stereocenters. The van der Waals surface area contributed by atoms with Crippen molar-refractivity contribution >= 4 is 23.6 Å². The smallest absolute Gasteiger partial charge is 0.326 e. The number of carboxylic acids is 1. The third-order valence-electron chi connectivity index (χ3n) is 6.61. The first-order chi connectivity index (χ1) is 14.2. The van der Waals surface area contributed by atoms with Gasteiger partial charge in [-0.2, -0.15) is 10.1 Å². The van der Waals surface area contributed by atoms with Crippen LogP contribution in [0.1, 0.15) is 74.2 Å². The Bertz CT molecular complexity index is 905. The number of hydrogen-bond acceptors (Lipinski definition) is 6. The molecule has 0 amide bonds. The van der Waals surface area contributed by atoms with Gasteiger partial charge in [-0.25, -0.2) is 9.78 Å². The largest absolute Gasteiger partial charge is 0.480 e. The van der Waals surface area contributed by atoms with E-state index in [1.807, 2.05) is 4.90 Å². The lowest BCUT2D eigenvalue weighted by Gasteiger charge is -2.23. The van der Waals surface area contributed by atoms with Gasteiger partial charge in [0, 0.05) is 29.8 Å². The number of aromatic amines is 1. The van der Waals surface area contributed by atoms with Crippen LogP contribution in [0.15, 0.2) is 6.07 Å². The number of nitrogens with one attached hydrogen (secondary N) is 2. The van der Waals surface area contributed by atoms with Gasteiger partial charge in [0.2, 0.25) is 5.95 Å². The summed E-state index contributed by atoms with van der Waals surface area (Å²) < 4.78 is 0. The number of H-pyrrole nitrogens is 1. The van der Waals surface area contributed by atoms with Gasteiger partial charge in [0.1, 0.15) is 11.9 Å². The Morgan fingerprint density at radius 1 is 1.10 bits per heavy atom. The second-order valence-corrected chi connectivity index (χ2v) is 8.51. The van der Waals surface area contributed by atoms with Crippen molar-refractivity contribution in [2.75, 3.05) is 16.8 Å². The Morgan fingerprint density at radius 3 is 2.79 bits per heavy atom. The lowest BCUT2D eigenvalue weighted by atomic mass is 9.87. The van der Waals surface area contributed by atoms with Gasteiger partial charge in [0.25, 0.3) is 0 Å². The van der Waals surface area contributed by atoms with Crippen LogP contribution in [0.4, 0.5) is 17.6 Å². The van der Waals surface area contributed by atoms with Crippen molar-refractivity contribution < 1.29 is 9.90 Å². The van der Waals surface area contributed by atoms with E-state index in [1.165, 1.54) is 37.8 Å². The highest BCUT2D eigenvalue weighted by atomic mass is 16.4. The third-order valence-corrected chi connectivity index (χ3v) is 6.61. The fraction of sp³-hybridized carbons (Fsp3) is 0.619. The number of carboxylic acid groups (broad SMARTS) is 1. The van der Waals surface area contributed by atoms with Crippen molar-refractivity contribution in [2.24, 2.45) is 0 Å². The number of anilines is 3. The fourth-order valence-corrected chi connectivity index (χ4v) is 5.06. The van der Waals surface area contributed by atoms with Gasteiger partial charge in [-0.15, -0.1) is 0 Å². The van der Waals surface area contributed by atoms with E-state index >= 15 is 0 Å². The summed E-state index contributed by atoms with van der Waals surface area (Å²) in [4.78, 5) is 23.0. The summed E-state index contributed by atoms with van der Waals surface area (Å²) in [6, 6.07) is 1.57. The summed E-state index contributed by atoms with van der Waals surface area (Å²) in [7, 11) is 0.